The molecule has 90 valence electrons. The molecule has 0 N–H and O–H groups in total. The van der Waals surface area contributed by atoms with Crippen molar-refractivity contribution in [2.24, 2.45) is 5.92 Å². The molecule has 17 heavy (non-hydrogen) atoms. The number of allylic oxidation sites excluding steroid dienone is 4. The third-order valence-electron chi connectivity index (χ3n) is 3.47. The molecule has 0 radical (unpaired) electrons. The zero-order chi connectivity index (χ0) is 12.6. The summed E-state index contributed by atoms with van der Waals surface area (Å²) < 4.78 is 0. The van der Waals surface area contributed by atoms with Crippen LogP contribution in [0.5, 0.6) is 0 Å². The molecule has 0 nitrogen and oxygen atoms in total. The molecule has 1 aliphatic carbocycles. The van der Waals surface area contributed by atoms with Gasteiger partial charge in [0.05, 0.1) is 0 Å². The monoisotopic (exact) mass is 242 g/mol. The van der Waals surface area contributed by atoms with Gasteiger partial charge in [-0.3, -0.25) is 0 Å². The highest BCUT2D eigenvalue weighted by molar-refractivity contribution is 6.24. The van der Waals surface area contributed by atoms with Crippen molar-refractivity contribution in [3.05, 3.63) is 51.7 Å². The van der Waals surface area contributed by atoms with Gasteiger partial charge < -0.3 is 0 Å². The molecule has 1 heteroatoms. The second-order valence-corrected chi connectivity index (χ2v) is 6.75. The Labute approximate surface area is 108 Å². The Hall–Kier alpha value is -1.08. The van der Waals surface area contributed by atoms with Crippen molar-refractivity contribution in [1.82, 2.24) is 0 Å². The Morgan fingerprint density at radius 1 is 1.06 bits per heavy atom. The van der Waals surface area contributed by atoms with Gasteiger partial charge in [-0.15, -0.1) is 0 Å². The van der Waals surface area contributed by atoms with Gasteiger partial charge in [-0.2, -0.15) is 0 Å². The molecule has 0 bridgehead atoms. The van der Waals surface area contributed by atoms with E-state index in [4.69, 9.17) is 0 Å². The Balaban J connectivity index is 2.48. The van der Waals surface area contributed by atoms with E-state index in [1.54, 1.807) is 10.8 Å². The lowest BCUT2D eigenvalue weighted by atomic mass is 9.91. The Morgan fingerprint density at radius 2 is 1.65 bits per heavy atom. The first-order valence-corrected chi connectivity index (χ1v) is 7.48. The average Bonchev–Trinajstić information content (AvgIpc) is 2.58. The number of benzene rings is 1. The smallest absolute Gasteiger partial charge is 0.0341 e. The molecular formula is C16H22Si. The quantitative estimate of drug-likeness (QED) is 0.698. The van der Waals surface area contributed by atoms with Crippen LogP contribution in [0.2, 0.25) is 0 Å². The second kappa shape index (κ2) is 4.65. The van der Waals surface area contributed by atoms with Crippen molar-refractivity contribution in [3.8, 4) is 0 Å². The van der Waals surface area contributed by atoms with Crippen LogP contribution in [0.25, 0.3) is 5.57 Å². The summed E-state index contributed by atoms with van der Waals surface area (Å²) in [6.07, 6.45) is 3.61. The maximum absolute atomic E-state index is 2.42. The zero-order valence-corrected chi connectivity index (χ0v) is 13.6. The normalized spacial score (nSPS) is 15.9. The van der Waals surface area contributed by atoms with Crippen molar-refractivity contribution in [1.29, 1.82) is 0 Å². The molecular weight excluding hydrogens is 220 g/mol. The maximum Gasteiger partial charge on any atom is 0.0341 e. The van der Waals surface area contributed by atoms with E-state index < -0.39 is 0 Å². The van der Waals surface area contributed by atoms with Gasteiger partial charge >= 0.3 is 0 Å². The summed E-state index contributed by atoms with van der Waals surface area (Å²) in [6.45, 7) is 9.00. The predicted octanol–water partition coefficient (Wildman–Crippen LogP) is 3.37. The molecule has 0 amide bonds. The van der Waals surface area contributed by atoms with Gasteiger partial charge in [-0.25, -0.2) is 0 Å². The Morgan fingerprint density at radius 3 is 2.18 bits per heavy atom. The SMILES string of the molecule is Cc1cc(C)cc(C2=CCC([SiH3])=C2C(C)C)c1. The standard InChI is InChI=1S/C16H22Si/c1-10(2)16-14(5-6-15(16)17)13-8-11(3)7-12(4)9-13/h5,7-10H,6H2,1-4,17H3. The van der Waals surface area contributed by atoms with Gasteiger partial charge in [0.2, 0.25) is 0 Å². The van der Waals surface area contributed by atoms with Crippen LogP contribution in [0.4, 0.5) is 0 Å². The molecule has 0 spiro atoms. The highest BCUT2D eigenvalue weighted by Gasteiger charge is 2.18. The van der Waals surface area contributed by atoms with Crippen LogP contribution in [0.15, 0.2) is 35.0 Å². The van der Waals surface area contributed by atoms with Gasteiger partial charge in [-0.1, -0.05) is 54.4 Å². The van der Waals surface area contributed by atoms with E-state index in [-0.39, 0.29) is 0 Å². The first-order chi connectivity index (χ1) is 7.99. The summed E-state index contributed by atoms with van der Waals surface area (Å²) in [6, 6.07) is 6.89. The summed E-state index contributed by atoms with van der Waals surface area (Å²) in [7, 11) is 1.20. The van der Waals surface area contributed by atoms with Crippen molar-refractivity contribution in [2.45, 2.75) is 34.1 Å². The van der Waals surface area contributed by atoms with Gasteiger partial charge in [-0.05, 0) is 42.9 Å². The van der Waals surface area contributed by atoms with Crippen LogP contribution in [0, 0.1) is 19.8 Å². The molecule has 0 heterocycles. The molecule has 0 saturated heterocycles. The molecule has 0 saturated carbocycles. The summed E-state index contributed by atoms with van der Waals surface area (Å²) in [5.41, 5.74) is 7.26. The van der Waals surface area contributed by atoms with Crippen LogP contribution in [-0.2, 0) is 0 Å². The molecule has 0 atom stereocenters. The lowest BCUT2D eigenvalue weighted by Crippen LogP contribution is -1.99. The van der Waals surface area contributed by atoms with E-state index in [1.165, 1.54) is 38.9 Å². The second-order valence-electron chi connectivity index (χ2n) is 5.55. The van der Waals surface area contributed by atoms with Crippen LogP contribution >= 0.6 is 0 Å². The first-order valence-electron chi connectivity index (χ1n) is 6.48. The third kappa shape index (κ3) is 2.44. The summed E-state index contributed by atoms with van der Waals surface area (Å²) in [5, 5.41) is 1.68. The average molecular weight is 242 g/mol. The third-order valence-corrected chi connectivity index (χ3v) is 4.42. The number of aryl methyl sites for hydroxylation is 2. The van der Waals surface area contributed by atoms with Crippen molar-refractivity contribution in [2.75, 3.05) is 0 Å². The van der Waals surface area contributed by atoms with E-state index in [0.29, 0.717) is 5.92 Å². The first kappa shape index (κ1) is 12.4. The van der Waals surface area contributed by atoms with Crippen LogP contribution < -0.4 is 0 Å². The number of rotatable bonds is 2. The Bertz CT molecular complexity index is 484. The predicted molar refractivity (Wildman–Crippen MR) is 80.3 cm³/mol. The fourth-order valence-electron chi connectivity index (χ4n) is 2.91. The van der Waals surface area contributed by atoms with Gasteiger partial charge in [0.15, 0.2) is 0 Å². The highest BCUT2D eigenvalue weighted by atomic mass is 28.1. The molecule has 0 aliphatic heterocycles. The fraction of sp³-hybridized carbons (Fsp3) is 0.375. The summed E-state index contributed by atoms with van der Waals surface area (Å²) >= 11 is 0. The molecule has 1 aromatic carbocycles. The van der Waals surface area contributed by atoms with E-state index in [9.17, 15) is 0 Å². The molecule has 0 fully saturated rings. The molecule has 0 unspecified atom stereocenters. The van der Waals surface area contributed by atoms with Crippen molar-refractivity contribution in [3.63, 3.8) is 0 Å². The molecule has 1 aliphatic rings. The minimum absolute atomic E-state index is 0.650. The van der Waals surface area contributed by atoms with Crippen molar-refractivity contribution >= 4 is 15.8 Å². The van der Waals surface area contributed by atoms with E-state index in [2.05, 4.69) is 52.0 Å². The number of hydrogen-bond acceptors (Lipinski definition) is 0. The fourth-order valence-corrected chi connectivity index (χ4v) is 3.96. The highest BCUT2D eigenvalue weighted by Crippen LogP contribution is 2.37. The molecule has 2 rings (SSSR count). The Kier molecular flexibility index (Phi) is 3.39. The van der Waals surface area contributed by atoms with Crippen LogP contribution in [0.1, 0.15) is 37.0 Å². The lowest BCUT2D eigenvalue weighted by molar-refractivity contribution is 0.795. The maximum atomic E-state index is 2.42. The molecule has 0 aromatic heterocycles. The minimum atomic E-state index is 0.650. The van der Waals surface area contributed by atoms with E-state index in [1.807, 2.05) is 0 Å². The van der Waals surface area contributed by atoms with Crippen LogP contribution in [0.3, 0.4) is 0 Å². The topological polar surface area (TPSA) is 0 Å². The van der Waals surface area contributed by atoms with Gasteiger partial charge in [0.1, 0.15) is 0 Å². The summed E-state index contributed by atoms with van der Waals surface area (Å²) in [4.78, 5) is 0. The van der Waals surface area contributed by atoms with Gasteiger partial charge in [0, 0.05) is 10.2 Å². The van der Waals surface area contributed by atoms with E-state index in [0.717, 1.165) is 0 Å². The van der Waals surface area contributed by atoms with Crippen molar-refractivity contribution < 1.29 is 0 Å². The summed E-state index contributed by atoms with van der Waals surface area (Å²) in [5.74, 6) is 0.650. The lowest BCUT2D eigenvalue weighted by Gasteiger charge is -2.15. The largest absolute Gasteiger partial charge is 0.0841 e. The van der Waals surface area contributed by atoms with Crippen LogP contribution in [-0.4, -0.2) is 10.2 Å². The minimum Gasteiger partial charge on any atom is -0.0841 e. The zero-order valence-electron chi connectivity index (χ0n) is 11.6. The number of hydrogen-bond donors (Lipinski definition) is 0. The van der Waals surface area contributed by atoms with E-state index >= 15 is 0 Å². The van der Waals surface area contributed by atoms with Gasteiger partial charge in [0.25, 0.3) is 0 Å². The molecule has 1 aromatic rings.